The lowest BCUT2D eigenvalue weighted by Gasteiger charge is -2.21. The van der Waals surface area contributed by atoms with Crippen LogP contribution in [-0.2, 0) is 4.79 Å². The molecule has 1 heterocycles. The van der Waals surface area contributed by atoms with E-state index in [-0.39, 0.29) is 11.9 Å². The van der Waals surface area contributed by atoms with Gasteiger partial charge in [0.1, 0.15) is 6.29 Å². The van der Waals surface area contributed by atoms with E-state index in [9.17, 15) is 9.59 Å². The van der Waals surface area contributed by atoms with Crippen molar-refractivity contribution in [1.29, 1.82) is 0 Å². The van der Waals surface area contributed by atoms with Crippen LogP contribution in [0.3, 0.4) is 0 Å². The predicted molar refractivity (Wildman–Crippen MR) is 69.7 cm³/mol. The first kappa shape index (κ1) is 13.4. The van der Waals surface area contributed by atoms with Crippen molar-refractivity contribution in [2.45, 2.75) is 18.9 Å². The van der Waals surface area contributed by atoms with Crippen molar-refractivity contribution in [3.8, 4) is 11.5 Å². The van der Waals surface area contributed by atoms with Crippen LogP contribution in [-0.4, -0.2) is 43.9 Å². The minimum absolute atomic E-state index is 0.143. The van der Waals surface area contributed by atoms with E-state index in [1.165, 1.54) is 7.11 Å². The van der Waals surface area contributed by atoms with Crippen molar-refractivity contribution in [1.82, 2.24) is 4.90 Å². The zero-order chi connectivity index (χ0) is 13.8. The van der Waals surface area contributed by atoms with Gasteiger partial charge in [-0.1, -0.05) is 0 Å². The summed E-state index contributed by atoms with van der Waals surface area (Å²) in [7, 11) is 3.07. The molecule has 0 aliphatic carbocycles. The van der Waals surface area contributed by atoms with Gasteiger partial charge in [-0.05, 0) is 31.0 Å². The maximum absolute atomic E-state index is 12.4. The number of benzene rings is 1. The molecule has 1 amide bonds. The van der Waals surface area contributed by atoms with Gasteiger partial charge in [0.2, 0.25) is 0 Å². The van der Waals surface area contributed by atoms with Crippen molar-refractivity contribution in [3.05, 3.63) is 23.8 Å². The number of ether oxygens (including phenoxy) is 2. The summed E-state index contributed by atoms with van der Waals surface area (Å²) in [5, 5.41) is 0. The number of carbonyl (C=O) groups excluding carboxylic acids is 2. The van der Waals surface area contributed by atoms with Crippen LogP contribution in [0.1, 0.15) is 23.2 Å². The molecule has 1 fully saturated rings. The molecule has 1 unspecified atom stereocenters. The SMILES string of the molecule is COc1ccc(C(=O)N2CCCC2C=O)cc1OC. The highest BCUT2D eigenvalue weighted by molar-refractivity contribution is 5.96. The predicted octanol–water partition coefficient (Wildman–Crippen LogP) is 1.51. The first-order valence-corrected chi connectivity index (χ1v) is 6.19. The number of likely N-dealkylation sites (tertiary alicyclic amines) is 1. The second-order valence-corrected chi connectivity index (χ2v) is 4.41. The zero-order valence-electron chi connectivity index (χ0n) is 11.1. The van der Waals surface area contributed by atoms with Gasteiger partial charge in [0.25, 0.3) is 5.91 Å². The first-order valence-electron chi connectivity index (χ1n) is 6.19. The maximum atomic E-state index is 12.4. The molecule has 1 aromatic carbocycles. The molecule has 2 rings (SSSR count). The smallest absolute Gasteiger partial charge is 0.254 e. The Balaban J connectivity index is 2.26. The van der Waals surface area contributed by atoms with E-state index in [4.69, 9.17) is 9.47 Å². The molecule has 0 bridgehead atoms. The highest BCUT2D eigenvalue weighted by Gasteiger charge is 2.29. The second kappa shape index (κ2) is 5.73. The second-order valence-electron chi connectivity index (χ2n) is 4.41. The van der Waals surface area contributed by atoms with E-state index in [1.54, 1.807) is 30.2 Å². The summed E-state index contributed by atoms with van der Waals surface area (Å²) in [5.74, 6) is 0.943. The Morgan fingerprint density at radius 1 is 1.32 bits per heavy atom. The van der Waals surface area contributed by atoms with Crippen LogP contribution in [0, 0.1) is 0 Å². The molecule has 0 N–H and O–H groups in total. The van der Waals surface area contributed by atoms with E-state index >= 15 is 0 Å². The van der Waals surface area contributed by atoms with Crippen LogP contribution in [0.25, 0.3) is 0 Å². The zero-order valence-corrected chi connectivity index (χ0v) is 11.1. The third-order valence-corrected chi connectivity index (χ3v) is 3.35. The Morgan fingerprint density at radius 2 is 2.05 bits per heavy atom. The van der Waals surface area contributed by atoms with Crippen LogP contribution in [0.5, 0.6) is 11.5 Å². The van der Waals surface area contributed by atoms with E-state index in [1.807, 2.05) is 0 Å². The van der Waals surface area contributed by atoms with Crippen LogP contribution >= 0.6 is 0 Å². The van der Waals surface area contributed by atoms with Crippen LogP contribution in [0.4, 0.5) is 0 Å². The summed E-state index contributed by atoms with van der Waals surface area (Å²) in [4.78, 5) is 24.9. The molecule has 1 atom stereocenters. The summed E-state index contributed by atoms with van der Waals surface area (Å²) in [6.45, 7) is 0.622. The molecule has 0 spiro atoms. The molecule has 102 valence electrons. The molecular formula is C14H17NO4. The number of carbonyl (C=O) groups is 2. The molecule has 1 aliphatic rings. The van der Waals surface area contributed by atoms with Gasteiger partial charge >= 0.3 is 0 Å². The van der Waals surface area contributed by atoms with Gasteiger partial charge in [-0.15, -0.1) is 0 Å². The van der Waals surface area contributed by atoms with Crippen molar-refractivity contribution in [3.63, 3.8) is 0 Å². The summed E-state index contributed by atoms with van der Waals surface area (Å²) in [6, 6.07) is 4.71. The minimum Gasteiger partial charge on any atom is -0.493 e. The largest absolute Gasteiger partial charge is 0.493 e. The third kappa shape index (κ3) is 2.54. The Morgan fingerprint density at radius 3 is 2.68 bits per heavy atom. The van der Waals surface area contributed by atoms with Crippen LogP contribution < -0.4 is 9.47 Å². The van der Waals surface area contributed by atoms with Gasteiger partial charge < -0.3 is 19.2 Å². The monoisotopic (exact) mass is 263 g/mol. The number of methoxy groups -OCH3 is 2. The molecule has 19 heavy (non-hydrogen) atoms. The summed E-state index contributed by atoms with van der Waals surface area (Å²) >= 11 is 0. The molecule has 1 aromatic rings. The fraction of sp³-hybridized carbons (Fsp3) is 0.429. The molecule has 0 saturated carbocycles. The van der Waals surface area contributed by atoms with Gasteiger partial charge in [-0.25, -0.2) is 0 Å². The number of nitrogens with zero attached hydrogens (tertiary/aromatic N) is 1. The van der Waals surface area contributed by atoms with E-state index in [0.29, 0.717) is 23.6 Å². The molecular weight excluding hydrogens is 246 g/mol. The Labute approximate surface area is 112 Å². The lowest BCUT2D eigenvalue weighted by atomic mass is 10.1. The van der Waals surface area contributed by atoms with Gasteiger partial charge in [0, 0.05) is 12.1 Å². The fourth-order valence-corrected chi connectivity index (χ4v) is 2.32. The van der Waals surface area contributed by atoms with Crippen LogP contribution in [0.2, 0.25) is 0 Å². The Bertz CT molecular complexity index is 486. The summed E-state index contributed by atoms with van der Waals surface area (Å²) in [5.41, 5.74) is 0.506. The Kier molecular flexibility index (Phi) is 4.04. The molecule has 0 aromatic heterocycles. The minimum atomic E-state index is -0.305. The summed E-state index contributed by atoms with van der Waals surface area (Å²) in [6.07, 6.45) is 2.44. The van der Waals surface area contributed by atoms with Crippen molar-refractivity contribution in [2.24, 2.45) is 0 Å². The first-order chi connectivity index (χ1) is 9.21. The number of rotatable bonds is 4. The quantitative estimate of drug-likeness (QED) is 0.773. The van der Waals surface area contributed by atoms with Gasteiger partial charge in [-0.2, -0.15) is 0 Å². The van der Waals surface area contributed by atoms with Gasteiger partial charge in [-0.3, -0.25) is 4.79 Å². The highest BCUT2D eigenvalue weighted by atomic mass is 16.5. The lowest BCUT2D eigenvalue weighted by molar-refractivity contribution is -0.111. The van der Waals surface area contributed by atoms with Crippen molar-refractivity contribution >= 4 is 12.2 Å². The molecule has 5 heteroatoms. The maximum Gasteiger partial charge on any atom is 0.254 e. The normalized spacial score (nSPS) is 18.2. The third-order valence-electron chi connectivity index (χ3n) is 3.35. The number of hydrogen-bond acceptors (Lipinski definition) is 4. The van der Waals surface area contributed by atoms with Crippen molar-refractivity contribution < 1.29 is 19.1 Å². The fourth-order valence-electron chi connectivity index (χ4n) is 2.32. The summed E-state index contributed by atoms with van der Waals surface area (Å²) < 4.78 is 10.3. The lowest BCUT2D eigenvalue weighted by Crippen LogP contribution is -2.36. The standard InChI is InChI=1S/C14H17NO4/c1-18-12-6-5-10(8-13(12)19-2)14(17)15-7-3-4-11(15)9-16/h5-6,8-9,11H,3-4,7H2,1-2H3. The number of amides is 1. The Hall–Kier alpha value is -2.04. The molecule has 0 radical (unpaired) electrons. The number of aldehydes is 1. The van der Waals surface area contributed by atoms with E-state index in [2.05, 4.69) is 0 Å². The average molecular weight is 263 g/mol. The van der Waals surface area contributed by atoms with E-state index < -0.39 is 0 Å². The van der Waals surface area contributed by atoms with Crippen LogP contribution in [0.15, 0.2) is 18.2 Å². The number of hydrogen-bond donors (Lipinski definition) is 0. The topological polar surface area (TPSA) is 55.8 Å². The molecule has 1 aliphatic heterocycles. The molecule has 5 nitrogen and oxygen atoms in total. The highest BCUT2D eigenvalue weighted by Crippen LogP contribution is 2.29. The van der Waals surface area contributed by atoms with Gasteiger partial charge in [0.15, 0.2) is 11.5 Å². The molecule has 1 saturated heterocycles. The van der Waals surface area contributed by atoms with Gasteiger partial charge in [0.05, 0.1) is 20.3 Å². The van der Waals surface area contributed by atoms with Crippen molar-refractivity contribution in [2.75, 3.05) is 20.8 Å². The van der Waals surface area contributed by atoms with E-state index in [0.717, 1.165) is 19.1 Å². The average Bonchev–Trinajstić information content (AvgIpc) is 2.94.